The first-order chi connectivity index (χ1) is 11.7. The Balaban J connectivity index is 1.94. The Bertz CT molecular complexity index is 1000. The van der Waals surface area contributed by atoms with Crippen LogP contribution >= 0.6 is 11.6 Å². The lowest BCUT2D eigenvalue weighted by Gasteiger charge is -2.12. The van der Waals surface area contributed by atoms with E-state index < -0.39 is 0 Å². The second-order valence-corrected chi connectivity index (χ2v) is 6.38. The van der Waals surface area contributed by atoms with Crippen LogP contribution in [0.4, 0.5) is 0 Å². The number of aromatic nitrogens is 2. The molecular formula is C21H17ClN2. The summed E-state index contributed by atoms with van der Waals surface area (Å²) in [5.41, 5.74) is 5.70. The third kappa shape index (κ3) is 2.70. The standard InChI is InChI=1S/C21H17ClN2/c1-15-7-5-6-10-17(15)14-24-20-13-18(22)11-12-19(20)23-21(24)16-8-3-2-4-9-16/h2-13H,14H2,1H3. The van der Waals surface area contributed by atoms with Crippen LogP contribution in [0, 0.1) is 6.92 Å². The second kappa shape index (κ2) is 6.14. The molecule has 3 aromatic carbocycles. The molecule has 0 saturated heterocycles. The first kappa shape index (κ1) is 15.0. The zero-order chi connectivity index (χ0) is 16.5. The van der Waals surface area contributed by atoms with Crippen LogP contribution < -0.4 is 0 Å². The van der Waals surface area contributed by atoms with Gasteiger partial charge < -0.3 is 4.57 Å². The fraction of sp³-hybridized carbons (Fsp3) is 0.0952. The number of imidazole rings is 1. The van der Waals surface area contributed by atoms with Crippen molar-refractivity contribution in [3.8, 4) is 11.4 Å². The van der Waals surface area contributed by atoms with E-state index >= 15 is 0 Å². The Morgan fingerprint density at radius 3 is 2.46 bits per heavy atom. The monoisotopic (exact) mass is 332 g/mol. The molecule has 0 radical (unpaired) electrons. The topological polar surface area (TPSA) is 17.8 Å². The van der Waals surface area contributed by atoms with Crippen molar-refractivity contribution in [2.45, 2.75) is 13.5 Å². The van der Waals surface area contributed by atoms with Crippen molar-refractivity contribution in [2.24, 2.45) is 0 Å². The van der Waals surface area contributed by atoms with Gasteiger partial charge in [0, 0.05) is 17.1 Å². The van der Waals surface area contributed by atoms with E-state index in [0.29, 0.717) is 0 Å². The minimum absolute atomic E-state index is 0.730. The van der Waals surface area contributed by atoms with Gasteiger partial charge in [0.25, 0.3) is 0 Å². The Hall–Kier alpha value is -2.58. The highest BCUT2D eigenvalue weighted by atomic mass is 35.5. The van der Waals surface area contributed by atoms with Crippen LogP contribution in [0.15, 0.2) is 72.8 Å². The number of hydrogen-bond donors (Lipinski definition) is 0. The van der Waals surface area contributed by atoms with E-state index in [1.165, 1.54) is 11.1 Å². The molecule has 0 spiro atoms. The molecule has 0 bridgehead atoms. The van der Waals surface area contributed by atoms with Crippen LogP contribution in [0.1, 0.15) is 11.1 Å². The molecule has 1 aromatic heterocycles. The van der Waals surface area contributed by atoms with E-state index in [4.69, 9.17) is 16.6 Å². The molecule has 0 fully saturated rings. The highest BCUT2D eigenvalue weighted by Gasteiger charge is 2.14. The number of benzene rings is 3. The third-order valence-corrected chi connectivity index (χ3v) is 4.57. The van der Waals surface area contributed by atoms with Gasteiger partial charge in [0.2, 0.25) is 0 Å². The number of aryl methyl sites for hydroxylation is 1. The molecule has 0 aliphatic carbocycles. The molecule has 118 valence electrons. The summed E-state index contributed by atoms with van der Waals surface area (Å²) >= 11 is 6.24. The maximum Gasteiger partial charge on any atom is 0.141 e. The predicted octanol–water partition coefficient (Wildman–Crippen LogP) is 5.71. The van der Waals surface area contributed by atoms with Gasteiger partial charge in [-0.05, 0) is 36.2 Å². The van der Waals surface area contributed by atoms with Gasteiger partial charge in [0.15, 0.2) is 0 Å². The molecular weight excluding hydrogens is 316 g/mol. The summed E-state index contributed by atoms with van der Waals surface area (Å²) in [6.45, 7) is 2.91. The molecule has 0 atom stereocenters. The van der Waals surface area contributed by atoms with E-state index in [2.05, 4.69) is 47.9 Å². The third-order valence-electron chi connectivity index (χ3n) is 4.33. The zero-order valence-corrected chi connectivity index (χ0v) is 14.2. The Labute approximate surface area is 146 Å². The van der Waals surface area contributed by atoms with Crippen molar-refractivity contribution in [1.29, 1.82) is 0 Å². The summed E-state index contributed by atoms with van der Waals surface area (Å²) in [7, 11) is 0. The average Bonchev–Trinajstić information content (AvgIpc) is 2.96. The van der Waals surface area contributed by atoms with Crippen LogP contribution in [-0.4, -0.2) is 9.55 Å². The van der Waals surface area contributed by atoms with Gasteiger partial charge in [0.05, 0.1) is 11.0 Å². The van der Waals surface area contributed by atoms with Crippen molar-refractivity contribution in [3.05, 3.63) is 88.9 Å². The molecule has 0 saturated carbocycles. The zero-order valence-electron chi connectivity index (χ0n) is 13.4. The quantitative estimate of drug-likeness (QED) is 0.469. The maximum atomic E-state index is 6.24. The maximum absolute atomic E-state index is 6.24. The number of nitrogens with zero attached hydrogens (tertiary/aromatic N) is 2. The molecule has 0 unspecified atom stereocenters. The highest BCUT2D eigenvalue weighted by Crippen LogP contribution is 2.28. The summed E-state index contributed by atoms with van der Waals surface area (Å²) in [4.78, 5) is 4.85. The molecule has 4 rings (SSSR count). The van der Waals surface area contributed by atoms with Gasteiger partial charge in [-0.1, -0.05) is 66.2 Å². The van der Waals surface area contributed by atoms with Crippen molar-refractivity contribution < 1.29 is 0 Å². The van der Waals surface area contributed by atoms with Crippen molar-refractivity contribution in [3.63, 3.8) is 0 Å². The molecule has 0 aliphatic heterocycles. The van der Waals surface area contributed by atoms with Gasteiger partial charge in [-0.25, -0.2) is 4.98 Å². The number of fused-ring (bicyclic) bond motifs is 1. The van der Waals surface area contributed by atoms with Crippen molar-refractivity contribution >= 4 is 22.6 Å². The van der Waals surface area contributed by atoms with Crippen molar-refractivity contribution in [1.82, 2.24) is 9.55 Å². The largest absolute Gasteiger partial charge is 0.319 e. The van der Waals surface area contributed by atoms with E-state index in [1.54, 1.807) is 0 Å². The van der Waals surface area contributed by atoms with Crippen molar-refractivity contribution in [2.75, 3.05) is 0 Å². The van der Waals surface area contributed by atoms with Gasteiger partial charge in [-0.2, -0.15) is 0 Å². The van der Waals surface area contributed by atoms with Gasteiger partial charge >= 0.3 is 0 Å². The lowest BCUT2D eigenvalue weighted by Crippen LogP contribution is -2.03. The number of hydrogen-bond acceptors (Lipinski definition) is 1. The predicted molar refractivity (Wildman–Crippen MR) is 100 cm³/mol. The molecule has 0 amide bonds. The molecule has 3 heteroatoms. The summed E-state index contributed by atoms with van der Waals surface area (Å²) < 4.78 is 2.25. The first-order valence-corrected chi connectivity index (χ1v) is 8.36. The van der Waals surface area contributed by atoms with E-state index in [1.807, 2.05) is 36.4 Å². The van der Waals surface area contributed by atoms with Crippen LogP contribution in [-0.2, 0) is 6.54 Å². The molecule has 2 nitrogen and oxygen atoms in total. The average molecular weight is 333 g/mol. The Kier molecular flexibility index (Phi) is 3.83. The molecule has 1 heterocycles. The first-order valence-electron chi connectivity index (χ1n) is 7.98. The molecule has 4 aromatic rings. The van der Waals surface area contributed by atoms with Gasteiger partial charge in [-0.3, -0.25) is 0 Å². The number of halogens is 1. The summed E-state index contributed by atoms with van der Waals surface area (Å²) in [6.07, 6.45) is 0. The summed E-state index contributed by atoms with van der Waals surface area (Å²) in [6, 6.07) is 24.6. The summed E-state index contributed by atoms with van der Waals surface area (Å²) in [5.74, 6) is 0.969. The minimum atomic E-state index is 0.730. The van der Waals surface area contributed by atoms with Crippen LogP contribution in [0.3, 0.4) is 0 Å². The van der Waals surface area contributed by atoms with E-state index in [0.717, 1.165) is 34.0 Å². The fourth-order valence-electron chi connectivity index (χ4n) is 3.02. The highest BCUT2D eigenvalue weighted by molar-refractivity contribution is 6.31. The molecule has 24 heavy (non-hydrogen) atoms. The van der Waals surface area contributed by atoms with Crippen LogP contribution in [0.25, 0.3) is 22.4 Å². The summed E-state index contributed by atoms with van der Waals surface area (Å²) in [5, 5.41) is 0.730. The lowest BCUT2D eigenvalue weighted by atomic mass is 10.1. The van der Waals surface area contributed by atoms with Gasteiger partial charge in [-0.15, -0.1) is 0 Å². The van der Waals surface area contributed by atoms with E-state index in [-0.39, 0.29) is 0 Å². The van der Waals surface area contributed by atoms with E-state index in [9.17, 15) is 0 Å². The Morgan fingerprint density at radius 1 is 0.917 bits per heavy atom. The van der Waals surface area contributed by atoms with Crippen LogP contribution in [0.2, 0.25) is 5.02 Å². The lowest BCUT2D eigenvalue weighted by molar-refractivity contribution is 0.828. The fourth-order valence-corrected chi connectivity index (χ4v) is 3.19. The minimum Gasteiger partial charge on any atom is -0.319 e. The molecule has 0 N–H and O–H groups in total. The number of rotatable bonds is 3. The Morgan fingerprint density at radius 2 is 1.67 bits per heavy atom. The normalized spacial score (nSPS) is 11.1. The SMILES string of the molecule is Cc1ccccc1Cn1c(-c2ccccc2)nc2ccc(Cl)cc21. The smallest absolute Gasteiger partial charge is 0.141 e. The van der Waals surface area contributed by atoms with Crippen LogP contribution in [0.5, 0.6) is 0 Å². The van der Waals surface area contributed by atoms with Gasteiger partial charge in [0.1, 0.15) is 5.82 Å². The second-order valence-electron chi connectivity index (χ2n) is 5.95. The molecule has 0 aliphatic rings.